The van der Waals surface area contributed by atoms with Crippen molar-refractivity contribution in [3.63, 3.8) is 0 Å². The minimum atomic E-state index is 0.640. The summed E-state index contributed by atoms with van der Waals surface area (Å²) >= 11 is 6.17. The summed E-state index contributed by atoms with van der Waals surface area (Å²) in [6, 6.07) is 6.42. The number of aromatic nitrogens is 4. The Morgan fingerprint density at radius 3 is 3.00 bits per heavy atom. The lowest BCUT2D eigenvalue weighted by molar-refractivity contribution is 0.229. The van der Waals surface area contributed by atoms with Crippen molar-refractivity contribution in [3.8, 4) is 0 Å². The fourth-order valence-electron chi connectivity index (χ4n) is 4.05. The maximum absolute atomic E-state index is 6.17. The summed E-state index contributed by atoms with van der Waals surface area (Å²) in [6.07, 6.45) is 2.58. The van der Waals surface area contributed by atoms with Crippen molar-refractivity contribution in [1.29, 1.82) is 0 Å². The molecule has 4 heterocycles. The Hall–Kier alpha value is -1.92. The van der Waals surface area contributed by atoms with E-state index in [1.165, 1.54) is 19.4 Å². The standard InChI is InChI=1S/C17H19ClN6/c1-11-19-16-14-9-12(18)4-5-15(14)20-17(24(16)21-11)23-8-7-22-6-2-3-13(22)10-23/h4-5,9,13H,2-3,6-8,10H2,1H3. The van der Waals surface area contributed by atoms with Gasteiger partial charge in [-0.2, -0.15) is 4.52 Å². The molecule has 124 valence electrons. The molecule has 0 radical (unpaired) electrons. The second-order valence-corrected chi connectivity index (χ2v) is 7.18. The summed E-state index contributed by atoms with van der Waals surface area (Å²) in [5, 5.41) is 6.24. The first-order chi connectivity index (χ1) is 11.7. The van der Waals surface area contributed by atoms with Gasteiger partial charge in [0, 0.05) is 36.1 Å². The molecule has 5 rings (SSSR count). The molecule has 2 fully saturated rings. The lowest BCUT2D eigenvalue weighted by Gasteiger charge is -2.37. The third kappa shape index (κ3) is 2.17. The fourth-order valence-corrected chi connectivity index (χ4v) is 4.22. The quantitative estimate of drug-likeness (QED) is 0.680. The van der Waals surface area contributed by atoms with Crippen LogP contribution < -0.4 is 4.90 Å². The number of anilines is 1. The minimum Gasteiger partial charge on any atom is -0.338 e. The molecule has 1 aromatic carbocycles. The first-order valence-corrected chi connectivity index (χ1v) is 8.88. The molecule has 0 N–H and O–H groups in total. The molecule has 2 aromatic heterocycles. The molecule has 1 unspecified atom stereocenters. The summed E-state index contributed by atoms with van der Waals surface area (Å²) in [6.45, 7) is 6.25. The molecule has 24 heavy (non-hydrogen) atoms. The Labute approximate surface area is 145 Å². The molecule has 0 spiro atoms. The predicted molar refractivity (Wildman–Crippen MR) is 94.8 cm³/mol. The maximum Gasteiger partial charge on any atom is 0.229 e. The smallest absolute Gasteiger partial charge is 0.229 e. The lowest BCUT2D eigenvalue weighted by Crippen LogP contribution is -2.51. The van der Waals surface area contributed by atoms with Crippen LogP contribution in [0, 0.1) is 6.92 Å². The van der Waals surface area contributed by atoms with Crippen LogP contribution in [0.3, 0.4) is 0 Å². The Balaban J connectivity index is 1.68. The van der Waals surface area contributed by atoms with Crippen LogP contribution >= 0.6 is 11.6 Å². The van der Waals surface area contributed by atoms with Gasteiger partial charge >= 0.3 is 0 Å². The molecular weight excluding hydrogens is 324 g/mol. The van der Waals surface area contributed by atoms with Crippen LogP contribution in [0.4, 0.5) is 5.95 Å². The number of nitrogens with zero attached hydrogens (tertiary/aromatic N) is 6. The number of piperazine rings is 1. The molecule has 6 nitrogen and oxygen atoms in total. The van der Waals surface area contributed by atoms with Gasteiger partial charge in [-0.15, -0.1) is 5.10 Å². The molecule has 2 aliphatic rings. The summed E-state index contributed by atoms with van der Waals surface area (Å²) in [5.41, 5.74) is 1.76. The molecule has 0 amide bonds. The van der Waals surface area contributed by atoms with Crippen LogP contribution in [0.25, 0.3) is 16.6 Å². The Morgan fingerprint density at radius 1 is 1.17 bits per heavy atom. The minimum absolute atomic E-state index is 0.640. The Kier molecular flexibility index (Phi) is 3.18. The zero-order chi connectivity index (χ0) is 16.3. The van der Waals surface area contributed by atoms with E-state index in [0.29, 0.717) is 11.1 Å². The summed E-state index contributed by atoms with van der Waals surface area (Å²) < 4.78 is 1.89. The molecule has 0 aliphatic carbocycles. The van der Waals surface area contributed by atoms with E-state index in [2.05, 4.69) is 19.9 Å². The normalized spacial score (nSPS) is 21.8. The highest BCUT2D eigenvalue weighted by atomic mass is 35.5. The van der Waals surface area contributed by atoms with E-state index < -0.39 is 0 Å². The van der Waals surface area contributed by atoms with Gasteiger partial charge in [-0.25, -0.2) is 9.97 Å². The van der Waals surface area contributed by atoms with Gasteiger partial charge in [0.2, 0.25) is 5.95 Å². The van der Waals surface area contributed by atoms with E-state index in [-0.39, 0.29) is 0 Å². The largest absolute Gasteiger partial charge is 0.338 e. The fraction of sp³-hybridized carbons (Fsp3) is 0.471. The van der Waals surface area contributed by atoms with Crippen LogP contribution in [0.15, 0.2) is 18.2 Å². The van der Waals surface area contributed by atoms with Crippen molar-refractivity contribution in [1.82, 2.24) is 24.5 Å². The number of hydrogen-bond acceptors (Lipinski definition) is 5. The van der Waals surface area contributed by atoms with Gasteiger partial charge in [0.25, 0.3) is 0 Å². The van der Waals surface area contributed by atoms with Gasteiger partial charge in [0.05, 0.1) is 5.52 Å². The van der Waals surface area contributed by atoms with Gasteiger partial charge in [0.15, 0.2) is 5.65 Å². The SMILES string of the molecule is Cc1nc2c3cc(Cl)ccc3nc(N3CCN4CCCC4C3)n2n1. The van der Waals surface area contributed by atoms with Crippen LogP contribution in [0.5, 0.6) is 0 Å². The van der Waals surface area contributed by atoms with E-state index >= 15 is 0 Å². The lowest BCUT2D eigenvalue weighted by atomic mass is 10.1. The zero-order valence-electron chi connectivity index (χ0n) is 13.6. The van der Waals surface area contributed by atoms with Gasteiger partial charge in [-0.3, -0.25) is 4.90 Å². The average molecular weight is 343 g/mol. The summed E-state index contributed by atoms with van der Waals surface area (Å²) in [4.78, 5) is 14.5. The Morgan fingerprint density at radius 2 is 2.08 bits per heavy atom. The van der Waals surface area contributed by atoms with Crippen LogP contribution in [-0.4, -0.2) is 56.7 Å². The van der Waals surface area contributed by atoms with Gasteiger partial charge in [-0.1, -0.05) is 11.6 Å². The third-order valence-corrected chi connectivity index (χ3v) is 5.43. The highest BCUT2D eigenvalue weighted by molar-refractivity contribution is 6.31. The zero-order valence-corrected chi connectivity index (χ0v) is 14.4. The van der Waals surface area contributed by atoms with Crippen molar-refractivity contribution in [2.75, 3.05) is 31.1 Å². The number of aryl methyl sites for hydroxylation is 1. The number of fused-ring (bicyclic) bond motifs is 4. The molecule has 7 heteroatoms. The molecular formula is C17H19ClN6. The first-order valence-electron chi connectivity index (χ1n) is 8.51. The van der Waals surface area contributed by atoms with Crippen molar-refractivity contribution >= 4 is 34.1 Å². The van der Waals surface area contributed by atoms with Crippen LogP contribution in [0.1, 0.15) is 18.7 Å². The van der Waals surface area contributed by atoms with Crippen LogP contribution in [0.2, 0.25) is 5.02 Å². The average Bonchev–Trinajstić information content (AvgIpc) is 3.19. The van der Waals surface area contributed by atoms with E-state index in [4.69, 9.17) is 16.6 Å². The van der Waals surface area contributed by atoms with E-state index in [9.17, 15) is 0 Å². The summed E-state index contributed by atoms with van der Waals surface area (Å²) in [7, 11) is 0. The second-order valence-electron chi connectivity index (χ2n) is 6.75. The van der Waals surface area contributed by atoms with E-state index in [0.717, 1.165) is 48.0 Å². The van der Waals surface area contributed by atoms with Crippen molar-refractivity contribution in [3.05, 3.63) is 29.0 Å². The van der Waals surface area contributed by atoms with Gasteiger partial charge in [0.1, 0.15) is 5.82 Å². The Bertz CT molecular complexity index is 936. The van der Waals surface area contributed by atoms with Crippen molar-refractivity contribution in [2.24, 2.45) is 0 Å². The molecule has 3 aromatic rings. The summed E-state index contributed by atoms with van der Waals surface area (Å²) in [5.74, 6) is 1.65. The van der Waals surface area contributed by atoms with Crippen molar-refractivity contribution in [2.45, 2.75) is 25.8 Å². The number of benzene rings is 1. The van der Waals surface area contributed by atoms with E-state index in [1.54, 1.807) is 0 Å². The second kappa shape index (κ2) is 5.29. The molecule has 1 atom stereocenters. The highest BCUT2D eigenvalue weighted by Gasteiger charge is 2.32. The molecule has 0 bridgehead atoms. The first kappa shape index (κ1) is 14.4. The van der Waals surface area contributed by atoms with Crippen LogP contribution in [-0.2, 0) is 0 Å². The number of rotatable bonds is 1. The number of hydrogen-bond donors (Lipinski definition) is 0. The highest BCUT2D eigenvalue weighted by Crippen LogP contribution is 2.28. The number of halogens is 1. The topological polar surface area (TPSA) is 49.6 Å². The third-order valence-electron chi connectivity index (χ3n) is 5.19. The molecule has 2 aliphatic heterocycles. The maximum atomic E-state index is 6.17. The van der Waals surface area contributed by atoms with Gasteiger partial charge < -0.3 is 4.90 Å². The predicted octanol–water partition coefficient (Wildman–Crippen LogP) is 2.52. The van der Waals surface area contributed by atoms with E-state index in [1.807, 2.05) is 29.6 Å². The monoisotopic (exact) mass is 342 g/mol. The molecule has 2 saturated heterocycles. The molecule has 0 saturated carbocycles. The van der Waals surface area contributed by atoms with Gasteiger partial charge in [-0.05, 0) is 44.5 Å². The van der Waals surface area contributed by atoms with Crippen molar-refractivity contribution < 1.29 is 0 Å².